The van der Waals surface area contributed by atoms with Crippen LogP contribution >= 0.6 is 12.2 Å². The van der Waals surface area contributed by atoms with Gasteiger partial charge in [0, 0.05) is 30.7 Å². The standard InChI is InChI=1S/C27H22F5NO5S/c1-35-12-5-4-11-6-14-27(34)25(33(14)8-10-2-3-10)7-13(23-26(27,9-25)15(11)21(12)37-23)36-24(39)38-22-19(31)17(29)16(28)18(30)20(22)32/h4-5,7,10-11,14-15,23,34H,2-3,6,8-9H2,1H3/t11?,14?,15?,23-,25?,26-,27-/m0/s1. The maximum atomic E-state index is 14.2. The van der Waals surface area contributed by atoms with Crippen molar-refractivity contribution in [3.05, 3.63) is 64.6 Å². The summed E-state index contributed by atoms with van der Waals surface area (Å²) < 4.78 is 92.0. The quantitative estimate of drug-likeness (QED) is 0.245. The summed E-state index contributed by atoms with van der Waals surface area (Å²) in [6.45, 7) is 0.816. The van der Waals surface area contributed by atoms with E-state index in [9.17, 15) is 27.1 Å². The van der Waals surface area contributed by atoms with Crippen molar-refractivity contribution in [1.82, 2.24) is 4.90 Å². The molecule has 2 saturated heterocycles. The Kier molecular flexibility index (Phi) is 4.53. The lowest BCUT2D eigenvalue weighted by Crippen LogP contribution is -3.00. The largest absolute Gasteiger partial charge is 0.493 e. The Morgan fingerprint density at radius 1 is 1.10 bits per heavy atom. The number of piperidine rings is 1. The fourth-order valence-electron chi connectivity index (χ4n) is 8.53. The van der Waals surface area contributed by atoms with Gasteiger partial charge < -0.3 is 24.1 Å². The van der Waals surface area contributed by atoms with Crippen LogP contribution in [0.15, 0.2) is 35.5 Å². The summed E-state index contributed by atoms with van der Waals surface area (Å²) in [6, 6.07) is -0.0818. The van der Waals surface area contributed by atoms with Gasteiger partial charge in [0.05, 0.1) is 18.1 Å². The first-order valence-electron chi connectivity index (χ1n) is 12.8. The lowest BCUT2D eigenvalue weighted by molar-refractivity contribution is -0.414. The van der Waals surface area contributed by atoms with E-state index in [0.29, 0.717) is 23.9 Å². The monoisotopic (exact) mass is 567 g/mol. The van der Waals surface area contributed by atoms with Crippen molar-refractivity contribution in [2.75, 3.05) is 13.7 Å². The molecular formula is C27H22F5NO5S. The van der Waals surface area contributed by atoms with E-state index in [2.05, 4.69) is 11.0 Å². The van der Waals surface area contributed by atoms with Crippen LogP contribution in [-0.2, 0) is 14.2 Å². The van der Waals surface area contributed by atoms with Gasteiger partial charge >= 0.3 is 5.24 Å². The van der Waals surface area contributed by atoms with Crippen molar-refractivity contribution >= 4 is 17.5 Å². The Labute approximate surface area is 224 Å². The van der Waals surface area contributed by atoms with Gasteiger partial charge in [-0.05, 0) is 49.7 Å². The van der Waals surface area contributed by atoms with Crippen LogP contribution in [0.25, 0.3) is 0 Å². The highest BCUT2D eigenvalue weighted by Gasteiger charge is 2.95. The van der Waals surface area contributed by atoms with E-state index in [1.165, 1.54) is 7.11 Å². The molecule has 1 aromatic rings. The third-order valence-electron chi connectivity index (χ3n) is 10.1. The summed E-state index contributed by atoms with van der Waals surface area (Å²) in [5.41, 5.74) is -2.61. The Morgan fingerprint density at radius 2 is 1.79 bits per heavy atom. The van der Waals surface area contributed by atoms with Crippen molar-refractivity contribution in [1.29, 1.82) is 0 Å². The molecule has 0 radical (unpaired) electrons. The number of rotatable bonds is 5. The normalized spacial score (nSPS) is 40.2. The molecule has 1 aromatic carbocycles. The van der Waals surface area contributed by atoms with Crippen LogP contribution in [0.5, 0.6) is 5.75 Å². The second-order valence-electron chi connectivity index (χ2n) is 11.6. The zero-order valence-electron chi connectivity index (χ0n) is 20.5. The van der Waals surface area contributed by atoms with E-state index in [1.54, 1.807) is 6.08 Å². The van der Waals surface area contributed by atoms with E-state index in [-0.39, 0.29) is 23.6 Å². The second-order valence-corrected chi connectivity index (χ2v) is 11.9. The third kappa shape index (κ3) is 2.53. The van der Waals surface area contributed by atoms with Crippen molar-refractivity contribution in [2.45, 2.75) is 49.0 Å². The first-order chi connectivity index (χ1) is 18.6. The van der Waals surface area contributed by atoms with Crippen molar-refractivity contribution in [2.24, 2.45) is 23.2 Å². The molecule has 9 rings (SSSR count). The number of nitrogens with zero attached hydrogens (tertiary/aromatic N) is 1. The zero-order valence-corrected chi connectivity index (χ0v) is 21.3. The molecule has 3 saturated carbocycles. The maximum absolute atomic E-state index is 14.2. The maximum Gasteiger partial charge on any atom is 0.363 e. The SMILES string of the molecule is COC1=C2O[C@H]3C(OC(=S)Oc4c(F)c(F)c(F)c(F)c4F)=CC45C[C@]36C2C(C=C1)CC(N4CC1CC1)[C@]56O. The molecule has 12 heteroatoms. The summed E-state index contributed by atoms with van der Waals surface area (Å²) in [4.78, 5) is 2.32. The summed E-state index contributed by atoms with van der Waals surface area (Å²) in [7, 11) is 1.53. The molecule has 2 bridgehead atoms. The Morgan fingerprint density at radius 3 is 2.46 bits per heavy atom. The number of aliphatic hydroxyl groups is 1. The molecule has 2 aliphatic heterocycles. The van der Waals surface area contributed by atoms with Gasteiger partial charge in [-0.2, -0.15) is 8.78 Å². The van der Waals surface area contributed by atoms with Crippen LogP contribution in [0.2, 0.25) is 0 Å². The number of likely N-dealkylation sites (tertiary alicyclic amines) is 1. The van der Waals surface area contributed by atoms with E-state index < -0.39 is 62.7 Å². The molecule has 5 fully saturated rings. The number of hydrogen-bond donors (Lipinski definition) is 1. The number of benzene rings is 1. The summed E-state index contributed by atoms with van der Waals surface area (Å²) in [5, 5.41) is 11.5. The first-order valence-corrected chi connectivity index (χ1v) is 13.3. The smallest absolute Gasteiger partial charge is 0.363 e. The molecule has 2 heterocycles. The van der Waals surface area contributed by atoms with E-state index in [0.717, 1.165) is 25.8 Å². The average molecular weight is 568 g/mol. The average Bonchev–Trinajstić information content (AvgIpc) is 3.67. The van der Waals surface area contributed by atoms with Crippen LogP contribution in [0.3, 0.4) is 0 Å². The molecule has 1 N–H and O–H groups in total. The van der Waals surface area contributed by atoms with Gasteiger partial charge in [-0.3, -0.25) is 4.90 Å². The summed E-state index contributed by atoms with van der Waals surface area (Å²) >= 11 is 5.06. The molecular weight excluding hydrogens is 545 g/mol. The van der Waals surface area contributed by atoms with Gasteiger partial charge in [0.1, 0.15) is 17.1 Å². The number of methoxy groups -OCH3 is 1. The van der Waals surface area contributed by atoms with Gasteiger partial charge in [-0.15, -0.1) is 0 Å². The van der Waals surface area contributed by atoms with Gasteiger partial charge in [0.2, 0.25) is 34.8 Å². The summed E-state index contributed by atoms with van der Waals surface area (Å²) in [5.74, 6) is -10.8. The zero-order chi connectivity index (χ0) is 27.2. The lowest BCUT2D eigenvalue weighted by atomic mass is 9.28. The molecule has 7 atom stereocenters. The highest BCUT2D eigenvalue weighted by Crippen LogP contribution is 2.84. The van der Waals surface area contributed by atoms with Crippen LogP contribution < -0.4 is 4.74 Å². The Hall–Kier alpha value is -2.70. The predicted octanol–water partition coefficient (Wildman–Crippen LogP) is 4.38. The minimum Gasteiger partial charge on any atom is -0.493 e. The van der Waals surface area contributed by atoms with Crippen molar-refractivity contribution in [3.8, 4) is 5.75 Å². The lowest BCUT2D eigenvalue weighted by Gasteiger charge is -2.86. The number of allylic oxidation sites excluding steroid dienone is 3. The van der Waals surface area contributed by atoms with E-state index in [4.69, 9.17) is 31.2 Å². The Balaban J connectivity index is 1.19. The number of halogens is 5. The predicted molar refractivity (Wildman–Crippen MR) is 126 cm³/mol. The molecule has 6 aliphatic carbocycles. The molecule has 0 aromatic heterocycles. The molecule has 39 heavy (non-hydrogen) atoms. The van der Waals surface area contributed by atoms with Crippen LogP contribution in [0.4, 0.5) is 22.0 Å². The van der Waals surface area contributed by atoms with Gasteiger partial charge in [0.25, 0.3) is 0 Å². The minimum atomic E-state index is -2.31. The topological polar surface area (TPSA) is 60.4 Å². The number of ether oxygens (including phenoxy) is 4. The highest BCUT2D eigenvalue weighted by atomic mass is 32.1. The molecule has 0 amide bonds. The van der Waals surface area contributed by atoms with Crippen LogP contribution in [-0.4, -0.2) is 52.2 Å². The molecule has 206 valence electrons. The second kappa shape index (κ2) is 7.32. The van der Waals surface area contributed by atoms with Gasteiger partial charge in [-0.25, -0.2) is 13.2 Å². The van der Waals surface area contributed by atoms with E-state index in [1.807, 2.05) is 6.08 Å². The number of hydrogen-bond acceptors (Lipinski definition) is 7. The van der Waals surface area contributed by atoms with Crippen LogP contribution in [0, 0.1) is 52.3 Å². The molecule has 8 aliphatic rings. The third-order valence-corrected chi connectivity index (χ3v) is 10.2. The van der Waals surface area contributed by atoms with Crippen molar-refractivity contribution < 1.29 is 46.0 Å². The van der Waals surface area contributed by atoms with Gasteiger partial charge in [0.15, 0.2) is 11.9 Å². The highest BCUT2D eigenvalue weighted by molar-refractivity contribution is 7.79. The van der Waals surface area contributed by atoms with E-state index >= 15 is 0 Å². The summed E-state index contributed by atoms with van der Waals surface area (Å²) in [6.07, 6.45) is 8.50. The fourth-order valence-corrected chi connectivity index (χ4v) is 8.71. The minimum absolute atomic E-state index is 0.0818. The van der Waals surface area contributed by atoms with Crippen molar-refractivity contribution in [3.63, 3.8) is 0 Å². The van der Waals surface area contributed by atoms with Crippen LogP contribution in [0.1, 0.15) is 25.7 Å². The number of thiocarbonyl (C=S) groups is 1. The molecule has 2 spiro atoms. The van der Waals surface area contributed by atoms with Gasteiger partial charge in [-0.1, -0.05) is 6.08 Å². The fraction of sp³-hybridized carbons (Fsp3) is 0.519. The Bertz CT molecular complexity index is 1450. The molecule has 4 unspecified atom stereocenters. The first kappa shape index (κ1) is 24.1. The molecule has 6 nitrogen and oxygen atoms in total.